The molecule has 2 aromatic rings. The molecular weight excluding hydrogens is 278 g/mol. The van der Waals surface area contributed by atoms with Crippen LogP contribution >= 0.6 is 0 Å². The number of carbonyl (C=O) groups excluding carboxylic acids is 1. The molecule has 0 spiro atoms. The van der Waals surface area contributed by atoms with E-state index >= 15 is 0 Å². The van der Waals surface area contributed by atoms with Gasteiger partial charge in [0.25, 0.3) is 5.91 Å². The highest BCUT2D eigenvalue weighted by Gasteiger charge is 2.12. The molecule has 0 heterocycles. The summed E-state index contributed by atoms with van der Waals surface area (Å²) < 4.78 is 5.73. The molecule has 116 valence electrons. The van der Waals surface area contributed by atoms with Crippen LogP contribution in [0.25, 0.3) is 0 Å². The highest BCUT2D eigenvalue weighted by Crippen LogP contribution is 2.19. The fraction of sp³-hybridized carbons (Fsp3) is 0.278. The molecule has 2 N–H and O–H groups in total. The maximum Gasteiger partial charge on any atom is 0.255 e. The molecule has 2 rings (SSSR count). The summed E-state index contributed by atoms with van der Waals surface area (Å²) in [5.74, 6) is 0.531. The molecule has 22 heavy (non-hydrogen) atoms. The zero-order valence-electron chi connectivity index (χ0n) is 13.1. The van der Waals surface area contributed by atoms with Gasteiger partial charge in [0.05, 0.1) is 6.61 Å². The predicted molar refractivity (Wildman–Crippen MR) is 87.1 cm³/mol. The van der Waals surface area contributed by atoms with Gasteiger partial charge in [-0.15, -0.1) is 0 Å². The van der Waals surface area contributed by atoms with Crippen LogP contribution in [0.5, 0.6) is 5.75 Å². The number of rotatable bonds is 4. The monoisotopic (exact) mass is 299 g/mol. The largest absolute Gasteiger partial charge is 0.488 e. The topological polar surface area (TPSA) is 58.6 Å². The molecule has 4 heteroatoms. The number of amides is 1. The Bertz CT molecular complexity index is 642. The molecule has 0 bridgehead atoms. The number of benzene rings is 2. The molecule has 0 atom stereocenters. The Hall–Kier alpha value is -2.33. The van der Waals surface area contributed by atoms with Crippen molar-refractivity contribution in [3.05, 3.63) is 59.7 Å². The highest BCUT2D eigenvalue weighted by molar-refractivity contribution is 6.04. The number of carbonyl (C=O) groups is 1. The summed E-state index contributed by atoms with van der Waals surface area (Å²) in [7, 11) is 0. The van der Waals surface area contributed by atoms with Crippen LogP contribution in [0.1, 0.15) is 36.7 Å². The fourth-order valence-corrected chi connectivity index (χ4v) is 1.98. The van der Waals surface area contributed by atoms with Crippen molar-refractivity contribution in [2.75, 3.05) is 5.32 Å². The maximum absolute atomic E-state index is 12.2. The van der Waals surface area contributed by atoms with Gasteiger partial charge in [-0.25, -0.2) is 0 Å². The Morgan fingerprint density at radius 1 is 1.14 bits per heavy atom. The smallest absolute Gasteiger partial charge is 0.255 e. The van der Waals surface area contributed by atoms with Gasteiger partial charge in [0.15, 0.2) is 0 Å². The summed E-state index contributed by atoms with van der Waals surface area (Å²) >= 11 is 0. The molecule has 0 aromatic heterocycles. The fourth-order valence-electron chi connectivity index (χ4n) is 1.98. The van der Waals surface area contributed by atoms with Gasteiger partial charge in [-0.1, -0.05) is 12.1 Å². The number of hydrogen-bond acceptors (Lipinski definition) is 3. The number of hydrogen-bond donors (Lipinski definition) is 2. The molecule has 0 fully saturated rings. The van der Waals surface area contributed by atoms with Crippen molar-refractivity contribution >= 4 is 11.6 Å². The number of anilines is 1. The average molecular weight is 299 g/mol. The van der Waals surface area contributed by atoms with Crippen molar-refractivity contribution in [1.29, 1.82) is 0 Å². The van der Waals surface area contributed by atoms with E-state index in [-0.39, 0.29) is 18.1 Å². The minimum absolute atomic E-state index is 0.0530. The van der Waals surface area contributed by atoms with Crippen molar-refractivity contribution in [3.63, 3.8) is 0 Å². The van der Waals surface area contributed by atoms with E-state index in [0.717, 1.165) is 11.3 Å². The van der Waals surface area contributed by atoms with Crippen molar-refractivity contribution in [2.45, 2.75) is 33.0 Å². The van der Waals surface area contributed by atoms with Gasteiger partial charge in [-0.05, 0) is 62.7 Å². The molecule has 4 nitrogen and oxygen atoms in total. The Balaban J connectivity index is 2.06. The molecular formula is C18H21NO3. The molecule has 0 aliphatic carbocycles. The van der Waals surface area contributed by atoms with Crippen LogP contribution in [-0.2, 0) is 6.61 Å². The molecule has 0 saturated carbocycles. The van der Waals surface area contributed by atoms with E-state index in [1.54, 1.807) is 48.5 Å². The first-order chi connectivity index (χ1) is 10.4. The molecule has 2 aromatic carbocycles. The third kappa shape index (κ3) is 4.60. The van der Waals surface area contributed by atoms with Gasteiger partial charge in [-0.3, -0.25) is 4.79 Å². The van der Waals surface area contributed by atoms with Crippen molar-refractivity contribution < 1.29 is 14.6 Å². The molecule has 0 saturated heterocycles. The van der Waals surface area contributed by atoms with Crippen molar-refractivity contribution in [3.8, 4) is 5.75 Å². The first-order valence-corrected chi connectivity index (χ1v) is 7.17. The van der Waals surface area contributed by atoms with Crippen LogP contribution in [0, 0.1) is 0 Å². The predicted octanol–water partition coefficient (Wildman–Crippen LogP) is 3.61. The molecule has 0 aliphatic heterocycles. The summed E-state index contributed by atoms with van der Waals surface area (Å²) in [5.41, 5.74) is 1.70. The lowest BCUT2D eigenvalue weighted by molar-refractivity contribution is 0.102. The first kappa shape index (κ1) is 16.0. The number of ether oxygens (including phenoxy) is 1. The van der Waals surface area contributed by atoms with Crippen LogP contribution < -0.4 is 10.1 Å². The van der Waals surface area contributed by atoms with Crippen molar-refractivity contribution in [2.24, 2.45) is 0 Å². The van der Waals surface area contributed by atoms with Gasteiger partial charge in [-0.2, -0.15) is 0 Å². The third-order valence-electron chi connectivity index (χ3n) is 2.91. The molecule has 0 unspecified atom stereocenters. The summed E-state index contributed by atoms with van der Waals surface area (Å²) in [6.07, 6.45) is 0. The second kappa shape index (κ2) is 6.62. The number of aliphatic hydroxyl groups is 1. The first-order valence-electron chi connectivity index (χ1n) is 7.17. The minimum Gasteiger partial charge on any atom is -0.488 e. The maximum atomic E-state index is 12.2. The summed E-state index contributed by atoms with van der Waals surface area (Å²) in [6.45, 7) is 5.87. The third-order valence-corrected chi connectivity index (χ3v) is 2.91. The van der Waals surface area contributed by atoms with E-state index in [9.17, 15) is 4.79 Å². The SMILES string of the molecule is CC(C)(C)Oc1ccc(C(=O)Nc2cccc(CO)c2)cc1. The Kier molecular flexibility index (Phi) is 4.83. The van der Waals surface area contributed by atoms with Gasteiger partial charge in [0, 0.05) is 11.3 Å². The Labute approximate surface area is 130 Å². The number of nitrogens with one attached hydrogen (secondary N) is 1. The molecule has 1 amide bonds. The average Bonchev–Trinajstić information content (AvgIpc) is 2.46. The van der Waals surface area contributed by atoms with Crippen LogP contribution in [0.4, 0.5) is 5.69 Å². The number of aliphatic hydroxyl groups excluding tert-OH is 1. The van der Waals surface area contributed by atoms with Crippen LogP contribution in [-0.4, -0.2) is 16.6 Å². The van der Waals surface area contributed by atoms with Crippen LogP contribution in [0.2, 0.25) is 0 Å². The van der Waals surface area contributed by atoms with Crippen molar-refractivity contribution in [1.82, 2.24) is 0 Å². The van der Waals surface area contributed by atoms with E-state index in [2.05, 4.69) is 5.32 Å². The second-order valence-electron chi connectivity index (χ2n) is 6.05. The van der Waals surface area contributed by atoms with E-state index in [1.165, 1.54) is 0 Å². The van der Waals surface area contributed by atoms with Crippen LogP contribution in [0.3, 0.4) is 0 Å². The second-order valence-corrected chi connectivity index (χ2v) is 6.05. The van der Waals surface area contributed by atoms with E-state index in [1.807, 2.05) is 20.8 Å². The molecule has 0 aliphatic rings. The zero-order valence-corrected chi connectivity index (χ0v) is 13.1. The van der Waals surface area contributed by atoms with Gasteiger partial charge < -0.3 is 15.2 Å². The van der Waals surface area contributed by atoms with Crippen LogP contribution in [0.15, 0.2) is 48.5 Å². The Morgan fingerprint density at radius 2 is 1.82 bits per heavy atom. The van der Waals surface area contributed by atoms with E-state index in [4.69, 9.17) is 9.84 Å². The lowest BCUT2D eigenvalue weighted by atomic mass is 10.1. The minimum atomic E-state index is -0.269. The summed E-state index contributed by atoms with van der Waals surface area (Å²) in [6, 6.07) is 14.1. The summed E-state index contributed by atoms with van der Waals surface area (Å²) in [4.78, 5) is 12.2. The summed E-state index contributed by atoms with van der Waals surface area (Å²) in [5, 5.41) is 11.9. The normalized spacial score (nSPS) is 11.1. The molecule has 0 radical (unpaired) electrons. The quantitative estimate of drug-likeness (QED) is 0.906. The zero-order chi connectivity index (χ0) is 16.2. The lowest BCUT2D eigenvalue weighted by Gasteiger charge is -2.21. The Morgan fingerprint density at radius 3 is 2.41 bits per heavy atom. The van der Waals surface area contributed by atoms with E-state index < -0.39 is 0 Å². The van der Waals surface area contributed by atoms with Gasteiger partial charge in [0.2, 0.25) is 0 Å². The van der Waals surface area contributed by atoms with Gasteiger partial charge >= 0.3 is 0 Å². The van der Waals surface area contributed by atoms with Gasteiger partial charge in [0.1, 0.15) is 11.4 Å². The standard InChI is InChI=1S/C18H21NO3/c1-18(2,3)22-16-9-7-14(8-10-16)17(21)19-15-6-4-5-13(11-15)12-20/h4-11,20H,12H2,1-3H3,(H,19,21). The highest BCUT2D eigenvalue weighted by atomic mass is 16.5. The lowest BCUT2D eigenvalue weighted by Crippen LogP contribution is -2.23. The van der Waals surface area contributed by atoms with E-state index in [0.29, 0.717) is 11.3 Å².